The number of aromatic nitrogens is 3. The van der Waals surface area contributed by atoms with Gasteiger partial charge in [-0.2, -0.15) is 0 Å². The third-order valence-electron chi connectivity index (χ3n) is 4.85. The van der Waals surface area contributed by atoms with Crippen molar-refractivity contribution in [2.75, 3.05) is 11.1 Å². The molecular formula is C22H28N4O2S. The van der Waals surface area contributed by atoms with Crippen LogP contribution in [0.5, 0.6) is 0 Å². The van der Waals surface area contributed by atoms with E-state index in [1.165, 1.54) is 11.8 Å². The van der Waals surface area contributed by atoms with Gasteiger partial charge in [-0.3, -0.25) is 14.2 Å². The number of fused-ring (bicyclic) bond motifs is 1. The highest BCUT2D eigenvalue weighted by Crippen LogP contribution is 2.22. The van der Waals surface area contributed by atoms with Crippen LogP contribution in [-0.4, -0.2) is 26.2 Å². The number of aryl methyl sites for hydroxylation is 3. The zero-order valence-corrected chi connectivity index (χ0v) is 18.4. The minimum atomic E-state index is -0.109. The molecule has 0 radical (unpaired) electrons. The molecular weight excluding hydrogens is 384 g/mol. The lowest BCUT2D eigenvalue weighted by molar-refractivity contribution is -0.113. The van der Waals surface area contributed by atoms with E-state index in [-0.39, 0.29) is 17.2 Å². The minimum Gasteiger partial charge on any atom is -0.353 e. The van der Waals surface area contributed by atoms with Crippen LogP contribution in [0.3, 0.4) is 0 Å². The summed E-state index contributed by atoms with van der Waals surface area (Å²) in [5.41, 5.74) is 4.89. The van der Waals surface area contributed by atoms with Crippen molar-refractivity contribution in [3.63, 3.8) is 0 Å². The summed E-state index contributed by atoms with van der Waals surface area (Å²) >= 11 is 1.30. The number of benzene rings is 1. The molecule has 3 rings (SSSR count). The molecule has 0 aliphatic carbocycles. The van der Waals surface area contributed by atoms with Gasteiger partial charge >= 0.3 is 0 Å². The molecule has 0 atom stereocenters. The Balaban J connectivity index is 1.83. The molecule has 0 saturated carbocycles. The maximum absolute atomic E-state index is 13.0. The van der Waals surface area contributed by atoms with Crippen LogP contribution in [-0.2, 0) is 11.3 Å². The lowest BCUT2D eigenvalue weighted by Crippen LogP contribution is -2.25. The van der Waals surface area contributed by atoms with Crippen molar-refractivity contribution in [2.45, 2.75) is 52.7 Å². The van der Waals surface area contributed by atoms with Crippen molar-refractivity contribution in [3.05, 3.63) is 51.4 Å². The molecule has 1 amide bonds. The highest BCUT2D eigenvalue weighted by Gasteiger charge is 2.16. The number of carbonyl (C=O) groups is 1. The number of hydrogen-bond donors (Lipinski definition) is 2. The molecule has 0 spiro atoms. The normalized spacial score (nSPS) is 11.4. The van der Waals surface area contributed by atoms with Crippen LogP contribution in [0.25, 0.3) is 11.0 Å². The van der Waals surface area contributed by atoms with Crippen LogP contribution in [0.4, 0.5) is 5.69 Å². The van der Waals surface area contributed by atoms with Gasteiger partial charge in [0.2, 0.25) is 5.91 Å². The Kier molecular flexibility index (Phi) is 6.47. The van der Waals surface area contributed by atoms with E-state index in [4.69, 9.17) is 0 Å². The zero-order chi connectivity index (χ0) is 21.1. The van der Waals surface area contributed by atoms with Gasteiger partial charge in [0.1, 0.15) is 5.52 Å². The van der Waals surface area contributed by atoms with Crippen LogP contribution in [0.1, 0.15) is 37.1 Å². The van der Waals surface area contributed by atoms with E-state index in [2.05, 4.69) is 29.1 Å². The van der Waals surface area contributed by atoms with Crippen LogP contribution in [0.2, 0.25) is 0 Å². The predicted molar refractivity (Wildman–Crippen MR) is 120 cm³/mol. The van der Waals surface area contributed by atoms with Crippen molar-refractivity contribution in [1.29, 1.82) is 0 Å². The van der Waals surface area contributed by atoms with Gasteiger partial charge in [-0.15, -0.1) is 0 Å². The van der Waals surface area contributed by atoms with Crippen LogP contribution >= 0.6 is 11.8 Å². The second kappa shape index (κ2) is 8.86. The first-order valence-corrected chi connectivity index (χ1v) is 10.8. The molecule has 2 aromatic heterocycles. The SMILES string of the molecule is Cc1cc2nc(SCC(=O)Nc3c(C)cccc3C)n(CCC(C)C)c(=O)c2[nH]1. The Bertz CT molecular complexity index is 1080. The number of para-hydroxylation sites is 1. The van der Waals surface area contributed by atoms with Crippen LogP contribution in [0, 0.1) is 26.7 Å². The lowest BCUT2D eigenvalue weighted by Gasteiger charge is -2.14. The van der Waals surface area contributed by atoms with Gasteiger partial charge in [-0.1, -0.05) is 43.8 Å². The summed E-state index contributed by atoms with van der Waals surface area (Å²) in [7, 11) is 0. The average molecular weight is 413 g/mol. The molecule has 0 bridgehead atoms. The molecule has 3 aromatic rings. The number of nitrogens with one attached hydrogen (secondary N) is 2. The van der Waals surface area contributed by atoms with Gasteiger partial charge in [-0.05, 0) is 50.3 Å². The van der Waals surface area contributed by atoms with Gasteiger partial charge in [0.05, 0.1) is 11.3 Å². The Morgan fingerprint density at radius 3 is 2.59 bits per heavy atom. The van der Waals surface area contributed by atoms with E-state index >= 15 is 0 Å². The quantitative estimate of drug-likeness (QED) is 0.444. The molecule has 0 unspecified atom stereocenters. The first-order valence-electron chi connectivity index (χ1n) is 9.85. The molecule has 2 heterocycles. The molecule has 6 nitrogen and oxygen atoms in total. The first kappa shape index (κ1) is 21.2. The lowest BCUT2D eigenvalue weighted by atomic mass is 10.1. The summed E-state index contributed by atoms with van der Waals surface area (Å²) in [6.07, 6.45) is 0.870. The summed E-state index contributed by atoms with van der Waals surface area (Å²) in [4.78, 5) is 33.3. The van der Waals surface area contributed by atoms with Gasteiger partial charge in [0, 0.05) is 17.9 Å². The van der Waals surface area contributed by atoms with E-state index in [9.17, 15) is 9.59 Å². The molecule has 0 aliphatic rings. The smallest absolute Gasteiger partial charge is 0.278 e. The second-order valence-corrected chi connectivity index (χ2v) is 8.79. The number of amides is 1. The minimum absolute atomic E-state index is 0.0820. The molecule has 0 aliphatic heterocycles. The summed E-state index contributed by atoms with van der Waals surface area (Å²) in [5, 5.41) is 3.58. The van der Waals surface area contributed by atoms with Crippen molar-refractivity contribution in [3.8, 4) is 0 Å². The number of nitrogens with zero attached hydrogens (tertiary/aromatic N) is 2. The highest BCUT2D eigenvalue weighted by molar-refractivity contribution is 7.99. The standard InChI is InChI=1S/C22H28N4O2S/c1-13(2)9-10-26-21(28)20-17(11-16(5)23-20)24-22(26)29-12-18(27)25-19-14(3)7-6-8-15(19)4/h6-8,11,13,23H,9-10,12H2,1-5H3,(H,25,27). The number of hydrogen-bond acceptors (Lipinski definition) is 4. The molecule has 29 heavy (non-hydrogen) atoms. The van der Waals surface area contributed by atoms with E-state index in [1.54, 1.807) is 4.57 Å². The Morgan fingerprint density at radius 2 is 1.93 bits per heavy atom. The molecule has 7 heteroatoms. The van der Waals surface area contributed by atoms with Gasteiger partial charge in [0.15, 0.2) is 5.16 Å². The number of carbonyl (C=O) groups excluding carboxylic acids is 1. The maximum atomic E-state index is 13.0. The Labute approximate surface area is 175 Å². The largest absolute Gasteiger partial charge is 0.353 e. The first-order chi connectivity index (χ1) is 13.8. The van der Waals surface area contributed by atoms with Gasteiger partial charge in [0.25, 0.3) is 5.56 Å². The van der Waals surface area contributed by atoms with Crippen molar-refractivity contribution in [1.82, 2.24) is 14.5 Å². The second-order valence-electron chi connectivity index (χ2n) is 7.85. The van der Waals surface area contributed by atoms with Gasteiger partial charge < -0.3 is 10.3 Å². The molecule has 154 valence electrons. The van der Waals surface area contributed by atoms with E-state index in [0.29, 0.717) is 28.7 Å². The fourth-order valence-corrected chi connectivity index (χ4v) is 4.05. The molecule has 0 saturated heterocycles. The van der Waals surface area contributed by atoms with Crippen LogP contribution < -0.4 is 10.9 Å². The number of H-pyrrole nitrogens is 1. The van der Waals surface area contributed by atoms with E-state index in [1.807, 2.05) is 45.0 Å². The monoisotopic (exact) mass is 412 g/mol. The highest BCUT2D eigenvalue weighted by atomic mass is 32.2. The summed E-state index contributed by atoms with van der Waals surface area (Å²) in [5.74, 6) is 0.548. The number of thioether (sulfide) groups is 1. The maximum Gasteiger partial charge on any atom is 0.278 e. The summed E-state index contributed by atoms with van der Waals surface area (Å²) < 4.78 is 1.69. The van der Waals surface area contributed by atoms with E-state index in [0.717, 1.165) is 28.9 Å². The zero-order valence-electron chi connectivity index (χ0n) is 17.6. The van der Waals surface area contributed by atoms with Crippen molar-refractivity contribution >= 4 is 34.4 Å². The molecule has 1 aromatic carbocycles. The fraction of sp³-hybridized carbons (Fsp3) is 0.409. The average Bonchev–Trinajstić information content (AvgIpc) is 3.03. The predicted octanol–water partition coefficient (Wildman–Crippen LogP) is 4.43. The third kappa shape index (κ3) is 4.90. The van der Waals surface area contributed by atoms with Crippen molar-refractivity contribution in [2.24, 2.45) is 5.92 Å². The van der Waals surface area contributed by atoms with Gasteiger partial charge in [-0.25, -0.2) is 4.98 Å². The number of rotatable bonds is 7. The Hall–Kier alpha value is -2.54. The summed E-state index contributed by atoms with van der Waals surface area (Å²) in [6.45, 7) is 10.7. The van der Waals surface area contributed by atoms with E-state index < -0.39 is 0 Å². The molecule has 0 fully saturated rings. The topological polar surface area (TPSA) is 79.8 Å². The fourth-order valence-electron chi connectivity index (χ4n) is 3.22. The van der Waals surface area contributed by atoms with Crippen molar-refractivity contribution < 1.29 is 4.79 Å². The Morgan fingerprint density at radius 1 is 1.24 bits per heavy atom. The van der Waals surface area contributed by atoms with Crippen LogP contribution in [0.15, 0.2) is 34.2 Å². The molecule has 2 N–H and O–H groups in total. The summed E-state index contributed by atoms with van der Waals surface area (Å²) in [6, 6.07) is 7.79. The number of aromatic amines is 1. The third-order valence-corrected chi connectivity index (χ3v) is 5.82. The number of anilines is 1.